The highest BCUT2D eigenvalue weighted by molar-refractivity contribution is 14.1. The second kappa shape index (κ2) is 3.57. The molecule has 74 valence electrons. The van der Waals surface area contributed by atoms with Gasteiger partial charge in [0.1, 0.15) is 11.9 Å². The van der Waals surface area contributed by atoms with Crippen LogP contribution in [0.4, 0.5) is 0 Å². The van der Waals surface area contributed by atoms with Crippen molar-refractivity contribution in [1.29, 1.82) is 0 Å². The van der Waals surface area contributed by atoms with Crippen LogP contribution in [0.15, 0.2) is 12.1 Å². The van der Waals surface area contributed by atoms with Gasteiger partial charge in [0.05, 0.1) is 3.57 Å². The number of aryl methyl sites for hydroxylation is 1. The van der Waals surface area contributed by atoms with Gasteiger partial charge in [0.2, 0.25) is 0 Å². The predicted molar refractivity (Wildman–Crippen MR) is 67.8 cm³/mol. The third-order valence-electron chi connectivity index (χ3n) is 2.60. The molecule has 0 radical (unpaired) electrons. The van der Waals surface area contributed by atoms with E-state index in [1.165, 1.54) is 20.3 Å². The maximum Gasteiger partial charge on any atom is 0.141 e. The number of hydrogen-bond acceptors (Lipinski definition) is 1. The molecule has 0 aliphatic carbocycles. The summed E-state index contributed by atoms with van der Waals surface area (Å²) in [6.07, 6.45) is 4.43. The quantitative estimate of drug-likeness (QED) is 0.664. The Morgan fingerprint density at radius 2 is 2.07 bits per heavy atom. The van der Waals surface area contributed by atoms with Crippen molar-refractivity contribution in [2.75, 3.05) is 0 Å². The number of benzene rings is 1. The SMILES string of the molecule is Cc1cc2c(c(I)c1C)OC(C)C=C2. The van der Waals surface area contributed by atoms with Crippen molar-refractivity contribution in [3.8, 4) is 5.75 Å². The fourth-order valence-corrected chi connectivity index (χ4v) is 2.45. The first-order valence-electron chi connectivity index (χ1n) is 4.74. The molecule has 0 spiro atoms. The minimum Gasteiger partial charge on any atom is -0.485 e. The second-order valence-corrected chi connectivity index (χ2v) is 4.81. The van der Waals surface area contributed by atoms with Gasteiger partial charge in [-0.2, -0.15) is 0 Å². The van der Waals surface area contributed by atoms with Crippen molar-refractivity contribution in [2.45, 2.75) is 26.9 Å². The van der Waals surface area contributed by atoms with Crippen LogP contribution in [0.5, 0.6) is 5.75 Å². The number of rotatable bonds is 0. The molecule has 1 aliphatic rings. The topological polar surface area (TPSA) is 9.23 Å². The Hall–Kier alpha value is -0.510. The minimum atomic E-state index is 0.193. The summed E-state index contributed by atoms with van der Waals surface area (Å²) < 4.78 is 7.05. The molecule has 0 N–H and O–H groups in total. The van der Waals surface area contributed by atoms with E-state index in [1.54, 1.807) is 0 Å². The molecule has 0 saturated carbocycles. The predicted octanol–water partition coefficient (Wildman–Crippen LogP) is 3.70. The van der Waals surface area contributed by atoms with E-state index in [0.717, 1.165) is 5.75 Å². The van der Waals surface area contributed by atoms with Crippen LogP contribution in [0, 0.1) is 17.4 Å². The second-order valence-electron chi connectivity index (χ2n) is 3.73. The molecule has 1 heterocycles. The van der Waals surface area contributed by atoms with Gasteiger partial charge in [-0.1, -0.05) is 6.08 Å². The van der Waals surface area contributed by atoms with Gasteiger partial charge >= 0.3 is 0 Å². The fourth-order valence-electron chi connectivity index (χ4n) is 1.59. The molecule has 0 saturated heterocycles. The zero-order valence-corrected chi connectivity index (χ0v) is 10.8. The molecule has 1 nitrogen and oxygen atoms in total. The van der Waals surface area contributed by atoms with E-state index in [2.05, 4.69) is 61.6 Å². The van der Waals surface area contributed by atoms with Crippen LogP contribution in [0.2, 0.25) is 0 Å². The lowest BCUT2D eigenvalue weighted by atomic mass is 10.0. The van der Waals surface area contributed by atoms with Crippen LogP contribution < -0.4 is 4.74 Å². The third kappa shape index (κ3) is 1.56. The Morgan fingerprint density at radius 1 is 1.36 bits per heavy atom. The van der Waals surface area contributed by atoms with Gasteiger partial charge < -0.3 is 4.74 Å². The maximum atomic E-state index is 5.80. The van der Waals surface area contributed by atoms with Gasteiger partial charge in [-0.3, -0.25) is 0 Å². The molecule has 1 atom stereocenters. The summed E-state index contributed by atoms with van der Waals surface area (Å²) in [4.78, 5) is 0. The van der Waals surface area contributed by atoms with Gasteiger partial charge in [-0.25, -0.2) is 0 Å². The minimum absolute atomic E-state index is 0.193. The Kier molecular flexibility index (Phi) is 2.56. The smallest absolute Gasteiger partial charge is 0.141 e. The van der Waals surface area contributed by atoms with Gasteiger partial charge in [-0.05, 0) is 66.6 Å². The molecule has 1 aromatic rings. The monoisotopic (exact) mass is 300 g/mol. The summed E-state index contributed by atoms with van der Waals surface area (Å²) in [6.45, 7) is 6.35. The summed E-state index contributed by atoms with van der Waals surface area (Å²) >= 11 is 2.36. The molecule has 1 aromatic carbocycles. The Balaban J connectivity index is 2.63. The largest absolute Gasteiger partial charge is 0.485 e. The molecular weight excluding hydrogens is 287 g/mol. The molecule has 0 amide bonds. The summed E-state index contributed by atoms with van der Waals surface area (Å²) in [7, 11) is 0. The highest BCUT2D eigenvalue weighted by Gasteiger charge is 2.16. The Labute approximate surface area is 98.3 Å². The van der Waals surface area contributed by atoms with E-state index in [9.17, 15) is 0 Å². The van der Waals surface area contributed by atoms with Crippen LogP contribution in [-0.2, 0) is 0 Å². The number of fused-ring (bicyclic) bond motifs is 1. The Bertz CT molecular complexity index is 407. The molecular formula is C12H13IO. The lowest BCUT2D eigenvalue weighted by molar-refractivity contribution is 0.264. The lowest BCUT2D eigenvalue weighted by Crippen LogP contribution is -2.14. The molecule has 1 unspecified atom stereocenters. The lowest BCUT2D eigenvalue weighted by Gasteiger charge is -2.21. The highest BCUT2D eigenvalue weighted by atomic mass is 127. The number of hydrogen-bond donors (Lipinski definition) is 0. The van der Waals surface area contributed by atoms with Gasteiger partial charge in [0.15, 0.2) is 0 Å². The first kappa shape index (κ1) is 10.0. The van der Waals surface area contributed by atoms with Crippen LogP contribution in [0.1, 0.15) is 23.6 Å². The molecule has 0 aromatic heterocycles. The number of ether oxygens (including phenoxy) is 1. The summed E-state index contributed by atoms with van der Waals surface area (Å²) in [5.74, 6) is 1.05. The first-order chi connectivity index (χ1) is 6.59. The van der Waals surface area contributed by atoms with Crippen molar-refractivity contribution in [3.63, 3.8) is 0 Å². The molecule has 1 aliphatic heterocycles. The summed E-state index contributed by atoms with van der Waals surface area (Å²) in [5, 5.41) is 0. The highest BCUT2D eigenvalue weighted by Crippen LogP contribution is 2.34. The molecule has 2 heteroatoms. The number of halogens is 1. The average Bonchev–Trinajstić information content (AvgIpc) is 2.16. The van der Waals surface area contributed by atoms with Crippen molar-refractivity contribution < 1.29 is 4.74 Å². The van der Waals surface area contributed by atoms with Crippen molar-refractivity contribution in [1.82, 2.24) is 0 Å². The normalized spacial score (nSPS) is 19.0. The van der Waals surface area contributed by atoms with Crippen molar-refractivity contribution in [2.24, 2.45) is 0 Å². The molecule has 0 fully saturated rings. The summed E-state index contributed by atoms with van der Waals surface area (Å²) in [5.41, 5.74) is 3.86. The zero-order chi connectivity index (χ0) is 10.3. The van der Waals surface area contributed by atoms with Crippen molar-refractivity contribution >= 4 is 28.7 Å². The zero-order valence-electron chi connectivity index (χ0n) is 8.60. The van der Waals surface area contributed by atoms with Gasteiger partial charge in [0.25, 0.3) is 0 Å². The van der Waals surface area contributed by atoms with E-state index >= 15 is 0 Å². The average molecular weight is 300 g/mol. The van der Waals surface area contributed by atoms with Crippen LogP contribution >= 0.6 is 22.6 Å². The van der Waals surface area contributed by atoms with Crippen LogP contribution in [-0.4, -0.2) is 6.10 Å². The van der Waals surface area contributed by atoms with E-state index in [4.69, 9.17) is 4.74 Å². The van der Waals surface area contributed by atoms with E-state index < -0.39 is 0 Å². The fraction of sp³-hybridized carbons (Fsp3) is 0.333. The van der Waals surface area contributed by atoms with E-state index in [1.807, 2.05) is 0 Å². The van der Waals surface area contributed by atoms with Crippen LogP contribution in [0.25, 0.3) is 6.08 Å². The van der Waals surface area contributed by atoms with E-state index in [-0.39, 0.29) is 6.10 Å². The molecule has 14 heavy (non-hydrogen) atoms. The summed E-state index contributed by atoms with van der Waals surface area (Å²) in [6, 6.07) is 2.19. The van der Waals surface area contributed by atoms with Crippen molar-refractivity contribution in [3.05, 3.63) is 32.4 Å². The standard InChI is InChI=1S/C12H13IO/c1-7-6-10-5-4-8(2)14-12(10)11(13)9(7)3/h4-6,8H,1-3H3. The molecule has 2 rings (SSSR count). The third-order valence-corrected chi connectivity index (χ3v) is 3.90. The molecule has 0 bridgehead atoms. The van der Waals surface area contributed by atoms with Gasteiger partial charge in [0, 0.05) is 5.56 Å². The first-order valence-corrected chi connectivity index (χ1v) is 5.82. The van der Waals surface area contributed by atoms with E-state index in [0.29, 0.717) is 0 Å². The van der Waals surface area contributed by atoms with Crippen LogP contribution in [0.3, 0.4) is 0 Å². The maximum absolute atomic E-state index is 5.80. The van der Waals surface area contributed by atoms with Gasteiger partial charge in [-0.15, -0.1) is 0 Å². The Morgan fingerprint density at radius 3 is 2.79 bits per heavy atom.